The number of carbonyl (C=O) groups excluding carboxylic acids is 1. The second kappa shape index (κ2) is 8.15. The third-order valence-electron chi connectivity index (χ3n) is 5.65. The van der Waals surface area contributed by atoms with Crippen LogP contribution in [-0.4, -0.2) is 40.4 Å². The Kier molecular flexibility index (Phi) is 5.44. The molecule has 1 aromatic heterocycles. The zero-order chi connectivity index (χ0) is 19.5. The second-order valence-electron chi connectivity index (χ2n) is 7.43. The number of piperidine rings is 1. The Morgan fingerprint density at radius 3 is 2.89 bits per heavy atom. The van der Waals surface area contributed by atoms with Gasteiger partial charge in [-0.2, -0.15) is 0 Å². The van der Waals surface area contributed by atoms with Crippen LogP contribution in [-0.2, 0) is 13.1 Å². The number of aromatic nitrogens is 2. The van der Waals surface area contributed by atoms with Gasteiger partial charge in [-0.05, 0) is 50.6 Å². The molecule has 4 rings (SSSR count). The third-order valence-corrected chi connectivity index (χ3v) is 5.65. The molecule has 0 aliphatic carbocycles. The highest BCUT2D eigenvalue weighted by Crippen LogP contribution is 2.25. The maximum Gasteiger partial charge on any atom is 0.167 e. The zero-order valence-corrected chi connectivity index (χ0v) is 16.6. The van der Waals surface area contributed by atoms with Crippen LogP contribution in [0.3, 0.4) is 0 Å². The van der Waals surface area contributed by atoms with E-state index in [1.807, 2.05) is 30.3 Å². The molecule has 5 heteroatoms. The molecule has 1 aliphatic heterocycles. The lowest BCUT2D eigenvalue weighted by atomic mass is 9.90. The minimum Gasteiger partial charge on any atom is -0.497 e. The van der Waals surface area contributed by atoms with Gasteiger partial charge in [0.1, 0.15) is 11.6 Å². The van der Waals surface area contributed by atoms with Crippen molar-refractivity contribution in [1.29, 1.82) is 0 Å². The van der Waals surface area contributed by atoms with Gasteiger partial charge in [0, 0.05) is 24.6 Å². The molecule has 5 nitrogen and oxygen atoms in total. The molecule has 1 fully saturated rings. The predicted octanol–water partition coefficient (Wildman–Crippen LogP) is 4.16. The van der Waals surface area contributed by atoms with Gasteiger partial charge in [0.2, 0.25) is 0 Å². The molecule has 0 N–H and O–H groups in total. The summed E-state index contributed by atoms with van der Waals surface area (Å²) in [5.74, 6) is 2.06. The van der Waals surface area contributed by atoms with E-state index >= 15 is 0 Å². The summed E-state index contributed by atoms with van der Waals surface area (Å²) in [6, 6.07) is 15.8. The number of fused-ring (bicyclic) bond motifs is 1. The van der Waals surface area contributed by atoms with E-state index in [4.69, 9.17) is 9.72 Å². The minimum atomic E-state index is 0.0281. The number of nitrogens with zero attached hydrogens (tertiary/aromatic N) is 3. The summed E-state index contributed by atoms with van der Waals surface area (Å²) in [7, 11) is 1.63. The lowest BCUT2D eigenvalue weighted by Crippen LogP contribution is -2.38. The van der Waals surface area contributed by atoms with Crippen molar-refractivity contribution in [2.24, 2.45) is 5.92 Å². The highest BCUT2D eigenvalue weighted by molar-refractivity contribution is 5.98. The number of likely N-dealkylation sites (tertiary alicyclic amines) is 1. The lowest BCUT2D eigenvalue weighted by molar-refractivity contribution is 0.0807. The van der Waals surface area contributed by atoms with Crippen molar-refractivity contribution in [2.75, 3.05) is 20.2 Å². The van der Waals surface area contributed by atoms with Gasteiger partial charge in [-0.1, -0.05) is 24.3 Å². The number of hydrogen-bond donors (Lipinski definition) is 0. The Morgan fingerprint density at radius 2 is 2.07 bits per heavy atom. The fourth-order valence-corrected chi connectivity index (χ4v) is 4.22. The minimum absolute atomic E-state index is 0.0281. The molecule has 1 aliphatic rings. The van der Waals surface area contributed by atoms with Crippen LogP contribution in [0.2, 0.25) is 0 Å². The van der Waals surface area contributed by atoms with Crippen LogP contribution in [0.25, 0.3) is 11.0 Å². The Bertz CT molecular complexity index is 979. The second-order valence-corrected chi connectivity index (χ2v) is 7.43. The van der Waals surface area contributed by atoms with Gasteiger partial charge in [-0.3, -0.25) is 9.69 Å². The van der Waals surface area contributed by atoms with E-state index in [9.17, 15) is 4.79 Å². The monoisotopic (exact) mass is 377 g/mol. The molecular weight excluding hydrogens is 350 g/mol. The number of hydrogen-bond acceptors (Lipinski definition) is 4. The standard InChI is InChI=1S/C23H27N3O2/c1-3-26-21-12-5-4-11-20(21)24-22(26)16-25-13-7-9-18(15-25)23(27)17-8-6-10-19(14-17)28-2/h4-6,8,10-12,14,18H,3,7,9,13,15-16H2,1-2H3/t18-/m1/s1. The molecule has 0 bridgehead atoms. The van der Waals surface area contributed by atoms with Gasteiger partial charge in [0.05, 0.1) is 24.7 Å². The van der Waals surface area contributed by atoms with Crippen LogP contribution in [0, 0.1) is 5.92 Å². The Hall–Kier alpha value is -2.66. The quantitative estimate of drug-likeness (QED) is 0.605. The van der Waals surface area contributed by atoms with Crippen molar-refractivity contribution in [3.05, 3.63) is 59.9 Å². The zero-order valence-electron chi connectivity index (χ0n) is 16.6. The number of aryl methyl sites for hydroxylation is 1. The average Bonchev–Trinajstić information content (AvgIpc) is 3.10. The summed E-state index contributed by atoms with van der Waals surface area (Å²) < 4.78 is 7.55. The lowest BCUT2D eigenvalue weighted by Gasteiger charge is -2.31. The smallest absolute Gasteiger partial charge is 0.167 e. The summed E-state index contributed by atoms with van der Waals surface area (Å²) in [6.07, 6.45) is 1.98. The molecule has 0 amide bonds. The van der Waals surface area contributed by atoms with Crippen molar-refractivity contribution in [2.45, 2.75) is 32.9 Å². The molecule has 2 heterocycles. The molecule has 2 aromatic carbocycles. The normalized spacial score (nSPS) is 17.7. The first-order valence-electron chi connectivity index (χ1n) is 10.0. The highest BCUT2D eigenvalue weighted by atomic mass is 16.5. The van der Waals surface area contributed by atoms with Gasteiger partial charge in [0.15, 0.2) is 5.78 Å². The molecule has 28 heavy (non-hydrogen) atoms. The van der Waals surface area contributed by atoms with Crippen molar-refractivity contribution in [3.8, 4) is 5.75 Å². The van der Waals surface area contributed by atoms with E-state index in [-0.39, 0.29) is 11.7 Å². The SMILES string of the molecule is CCn1c(CN2CCC[C@@H](C(=O)c3cccc(OC)c3)C2)nc2ccccc21. The number of Topliss-reactive ketones (excluding diaryl/α,β-unsaturated/α-hetero) is 1. The Labute approximate surface area is 165 Å². The Morgan fingerprint density at radius 1 is 1.21 bits per heavy atom. The fraction of sp³-hybridized carbons (Fsp3) is 0.391. The van der Waals surface area contributed by atoms with Gasteiger partial charge < -0.3 is 9.30 Å². The number of ketones is 1. The van der Waals surface area contributed by atoms with E-state index < -0.39 is 0 Å². The van der Waals surface area contributed by atoms with Gasteiger partial charge >= 0.3 is 0 Å². The van der Waals surface area contributed by atoms with E-state index in [0.717, 1.165) is 61.7 Å². The van der Waals surface area contributed by atoms with E-state index in [1.54, 1.807) is 7.11 Å². The van der Waals surface area contributed by atoms with Gasteiger partial charge in [-0.25, -0.2) is 4.98 Å². The predicted molar refractivity (Wildman–Crippen MR) is 111 cm³/mol. The molecule has 0 spiro atoms. The van der Waals surface area contributed by atoms with Crippen LogP contribution in [0.5, 0.6) is 5.75 Å². The number of rotatable bonds is 6. The summed E-state index contributed by atoms with van der Waals surface area (Å²) in [5, 5.41) is 0. The number of benzene rings is 2. The van der Waals surface area contributed by atoms with Crippen molar-refractivity contribution < 1.29 is 9.53 Å². The average molecular weight is 377 g/mol. The number of methoxy groups -OCH3 is 1. The van der Waals surface area contributed by atoms with Crippen molar-refractivity contribution in [3.63, 3.8) is 0 Å². The van der Waals surface area contributed by atoms with Crippen molar-refractivity contribution in [1.82, 2.24) is 14.5 Å². The van der Waals surface area contributed by atoms with E-state index in [2.05, 4.69) is 34.6 Å². The first kappa shape index (κ1) is 18.7. The van der Waals surface area contributed by atoms with E-state index in [0.29, 0.717) is 0 Å². The van der Waals surface area contributed by atoms with Crippen LogP contribution in [0.4, 0.5) is 0 Å². The molecular formula is C23H27N3O2. The summed E-state index contributed by atoms with van der Waals surface area (Å²) >= 11 is 0. The summed E-state index contributed by atoms with van der Waals surface area (Å²) in [5.41, 5.74) is 2.97. The number of para-hydroxylation sites is 2. The first-order valence-corrected chi connectivity index (χ1v) is 10.0. The molecule has 0 unspecified atom stereocenters. The van der Waals surface area contributed by atoms with Crippen molar-refractivity contribution >= 4 is 16.8 Å². The maximum atomic E-state index is 13.0. The summed E-state index contributed by atoms with van der Waals surface area (Å²) in [6.45, 7) is 5.63. The van der Waals surface area contributed by atoms with Gasteiger partial charge in [0.25, 0.3) is 0 Å². The van der Waals surface area contributed by atoms with Crippen LogP contribution < -0.4 is 4.74 Å². The topological polar surface area (TPSA) is 47.4 Å². The largest absolute Gasteiger partial charge is 0.497 e. The molecule has 0 radical (unpaired) electrons. The Balaban J connectivity index is 1.50. The number of ether oxygens (including phenoxy) is 1. The first-order chi connectivity index (χ1) is 13.7. The molecule has 0 saturated carbocycles. The van der Waals surface area contributed by atoms with Gasteiger partial charge in [-0.15, -0.1) is 0 Å². The summed E-state index contributed by atoms with van der Waals surface area (Å²) in [4.78, 5) is 20.2. The number of imidazole rings is 1. The molecule has 3 aromatic rings. The highest BCUT2D eigenvalue weighted by Gasteiger charge is 2.27. The number of carbonyl (C=O) groups is 1. The third kappa shape index (κ3) is 3.67. The van der Waals surface area contributed by atoms with Crippen LogP contribution in [0.15, 0.2) is 48.5 Å². The molecule has 1 atom stereocenters. The molecule has 1 saturated heterocycles. The van der Waals surface area contributed by atoms with E-state index in [1.165, 1.54) is 5.52 Å². The molecule has 146 valence electrons. The van der Waals surface area contributed by atoms with Crippen LogP contribution in [0.1, 0.15) is 35.9 Å². The van der Waals surface area contributed by atoms with Crippen LogP contribution >= 0.6 is 0 Å². The fourth-order valence-electron chi connectivity index (χ4n) is 4.22. The maximum absolute atomic E-state index is 13.0.